The van der Waals surface area contributed by atoms with Gasteiger partial charge in [0.15, 0.2) is 5.82 Å². The van der Waals surface area contributed by atoms with Gasteiger partial charge in [-0.2, -0.15) is 0 Å². The van der Waals surface area contributed by atoms with Crippen LogP contribution in [0, 0.1) is 0 Å². The zero-order chi connectivity index (χ0) is 24.4. The van der Waals surface area contributed by atoms with Gasteiger partial charge in [-0.15, -0.1) is 10.8 Å². The molecule has 2 aliphatic rings. The highest BCUT2D eigenvalue weighted by Crippen LogP contribution is 2.48. The lowest BCUT2D eigenvalue weighted by atomic mass is 10.1. The van der Waals surface area contributed by atoms with E-state index in [9.17, 15) is 9.11 Å². The van der Waals surface area contributed by atoms with E-state index in [1.54, 1.807) is 0 Å². The van der Waals surface area contributed by atoms with Gasteiger partial charge in [0.1, 0.15) is 29.8 Å². The van der Waals surface area contributed by atoms with E-state index in [1.807, 2.05) is 29.4 Å². The van der Waals surface area contributed by atoms with Crippen molar-refractivity contribution in [1.29, 1.82) is 0 Å². The third-order valence-corrected chi connectivity index (χ3v) is 8.69. The Kier molecular flexibility index (Phi) is 7.33. The number of aryl methyl sites for hydroxylation is 1. The van der Waals surface area contributed by atoms with Crippen LogP contribution in [0.3, 0.4) is 0 Å². The summed E-state index contributed by atoms with van der Waals surface area (Å²) in [6.45, 7) is 6.42. The minimum Gasteiger partial charge on any atom is -0.488 e. The van der Waals surface area contributed by atoms with Gasteiger partial charge in [-0.05, 0) is 38.3 Å². The van der Waals surface area contributed by atoms with Gasteiger partial charge in [-0.25, -0.2) is 14.3 Å². The predicted octanol–water partition coefficient (Wildman–Crippen LogP) is 4.02. The molecule has 192 valence electrons. The van der Waals surface area contributed by atoms with E-state index in [-0.39, 0.29) is 6.10 Å². The quantitative estimate of drug-likeness (QED) is 0.350. The summed E-state index contributed by atoms with van der Waals surface area (Å²) in [4.78, 5) is 9.43. The number of hydrogen-bond acceptors (Lipinski definition) is 9. The first-order chi connectivity index (χ1) is 17.0. The lowest BCUT2D eigenvalue weighted by Crippen LogP contribution is -2.24. The monoisotopic (exact) mass is 505 g/mol. The smallest absolute Gasteiger partial charge is 0.152 e. The molecule has 10 nitrogen and oxygen atoms in total. The molecule has 0 saturated carbocycles. The van der Waals surface area contributed by atoms with E-state index >= 15 is 0 Å². The standard InChI is InChI=1S/C24H35N5O5S/c1-2-32-16-21-27-22-23(29(21)11-4-3-9-28-10-5-13-35(28,30)31)19-7-6-17(14-20(19)26-24(22)25)34-18-8-12-33-15-18/h6-7,14,18,30-31H,2-5,8-13,15-16H2,1H3,(H2,25,26). The second kappa shape index (κ2) is 10.5. The average molecular weight is 506 g/mol. The van der Waals surface area contributed by atoms with E-state index in [0.29, 0.717) is 43.5 Å². The Morgan fingerprint density at radius 3 is 2.83 bits per heavy atom. The number of aromatic nitrogens is 3. The van der Waals surface area contributed by atoms with E-state index in [4.69, 9.17) is 24.9 Å². The molecule has 0 bridgehead atoms. The Hall–Kier alpha value is -2.15. The number of rotatable bonds is 10. The van der Waals surface area contributed by atoms with Gasteiger partial charge in [0, 0.05) is 44.1 Å². The second-order valence-corrected chi connectivity index (χ2v) is 11.3. The molecule has 35 heavy (non-hydrogen) atoms. The van der Waals surface area contributed by atoms with Gasteiger partial charge in [0.05, 0.1) is 30.0 Å². The number of fused-ring (bicyclic) bond motifs is 3. The van der Waals surface area contributed by atoms with Crippen molar-refractivity contribution in [2.45, 2.75) is 51.9 Å². The molecule has 4 N–H and O–H groups in total. The minimum absolute atomic E-state index is 0.0610. The molecular formula is C24H35N5O5S. The highest BCUT2D eigenvalue weighted by Gasteiger charge is 2.28. The maximum absolute atomic E-state index is 10.2. The normalized spacial score (nSPS) is 21.3. The molecule has 1 atom stereocenters. The summed E-state index contributed by atoms with van der Waals surface area (Å²) in [5.74, 6) is 2.44. The molecule has 1 unspecified atom stereocenters. The molecule has 2 saturated heterocycles. The summed E-state index contributed by atoms with van der Waals surface area (Å²) in [5, 5.41) is 0.966. The van der Waals surface area contributed by atoms with Crippen molar-refractivity contribution < 1.29 is 23.3 Å². The number of unbranched alkanes of at least 4 members (excludes halogenated alkanes) is 1. The summed E-state index contributed by atoms with van der Waals surface area (Å²) in [6, 6.07) is 5.92. The second-order valence-electron chi connectivity index (χ2n) is 9.12. The number of nitrogen functional groups attached to an aromatic ring is 1. The number of pyridine rings is 1. The third-order valence-electron chi connectivity index (χ3n) is 6.66. The highest BCUT2D eigenvalue weighted by molar-refractivity contribution is 8.22. The molecule has 2 aliphatic heterocycles. The van der Waals surface area contributed by atoms with E-state index in [0.717, 1.165) is 73.4 Å². The Morgan fingerprint density at radius 1 is 1.23 bits per heavy atom. The van der Waals surface area contributed by atoms with E-state index in [2.05, 4.69) is 9.55 Å². The zero-order valence-electron chi connectivity index (χ0n) is 20.2. The predicted molar refractivity (Wildman–Crippen MR) is 138 cm³/mol. The first-order valence-corrected chi connectivity index (χ1v) is 14.0. The summed E-state index contributed by atoms with van der Waals surface area (Å²) in [7, 11) is -2.57. The molecule has 11 heteroatoms. The van der Waals surface area contributed by atoms with Gasteiger partial charge in [0.2, 0.25) is 0 Å². The molecule has 0 spiro atoms. The van der Waals surface area contributed by atoms with Crippen LogP contribution in [-0.4, -0.2) is 72.7 Å². The van der Waals surface area contributed by atoms with Gasteiger partial charge in [-0.1, -0.05) is 0 Å². The Bertz CT molecular complexity index is 1180. The molecule has 5 rings (SSSR count). The van der Waals surface area contributed by atoms with Crippen molar-refractivity contribution in [2.24, 2.45) is 0 Å². The number of imidazole rings is 1. The lowest BCUT2D eigenvalue weighted by molar-refractivity contribution is 0.126. The van der Waals surface area contributed by atoms with Crippen LogP contribution in [0.4, 0.5) is 5.82 Å². The number of benzene rings is 1. The molecule has 0 aliphatic carbocycles. The van der Waals surface area contributed by atoms with Gasteiger partial charge in [-0.3, -0.25) is 9.11 Å². The number of ether oxygens (including phenoxy) is 3. The summed E-state index contributed by atoms with van der Waals surface area (Å²) >= 11 is 0. The van der Waals surface area contributed by atoms with Crippen LogP contribution < -0.4 is 10.5 Å². The van der Waals surface area contributed by atoms with Crippen LogP contribution in [0.2, 0.25) is 0 Å². The van der Waals surface area contributed by atoms with Gasteiger partial charge in [0.25, 0.3) is 0 Å². The highest BCUT2D eigenvalue weighted by atomic mass is 32.3. The molecule has 1 aromatic carbocycles. The van der Waals surface area contributed by atoms with Crippen molar-refractivity contribution in [2.75, 3.05) is 44.4 Å². The van der Waals surface area contributed by atoms with Crippen LogP contribution in [0.25, 0.3) is 21.9 Å². The summed E-state index contributed by atoms with van der Waals surface area (Å²) in [5.41, 5.74) is 8.76. The molecular weight excluding hydrogens is 470 g/mol. The fourth-order valence-electron chi connectivity index (χ4n) is 4.88. The average Bonchev–Trinajstić information content (AvgIpc) is 3.55. The van der Waals surface area contributed by atoms with E-state index in [1.165, 1.54) is 0 Å². The van der Waals surface area contributed by atoms with Crippen molar-refractivity contribution in [3.8, 4) is 5.75 Å². The first kappa shape index (κ1) is 24.5. The fraction of sp³-hybridized carbons (Fsp3) is 0.583. The van der Waals surface area contributed by atoms with Crippen LogP contribution >= 0.6 is 10.8 Å². The van der Waals surface area contributed by atoms with Crippen LogP contribution in [0.15, 0.2) is 18.2 Å². The maximum atomic E-state index is 10.2. The van der Waals surface area contributed by atoms with Crippen LogP contribution in [0.5, 0.6) is 5.75 Å². The molecule has 2 fully saturated rings. The number of nitrogens with zero attached hydrogens (tertiary/aromatic N) is 4. The van der Waals surface area contributed by atoms with Crippen molar-refractivity contribution in [3.05, 3.63) is 24.0 Å². The first-order valence-electron chi connectivity index (χ1n) is 12.4. The van der Waals surface area contributed by atoms with Crippen molar-refractivity contribution in [3.63, 3.8) is 0 Å². The molecule has 0 amide bonds. The Balaban J connectivity index is 1.42. The van der Waals surface area contributed by atoms with Crippen molar-refractivity contribution >= 4 is 38.5 Å². The van der Waals surface area contributed by atoms with Crippen LogP contribution in [-0.2, 0) is 22.6 Å². The van der Waals surface area contributed by atoms with Crippen molar-refractivity contribution in [1.82, 2.24) is 18.8 Å². The number of nitrogens with two attached hydrogens (primary N) is 1. The maximum Gasteiger partial charge on any atom is 0.152 e. The molecule has 0 radical (unpaired) electrons. The summed E-state index contributed by atoms with van der Waals surface area (Å²) < 4.78 is 41.6. The fourth-order valence-corrected chi connectivity index (χ4v) is 6.50. The zero-order valence-corrected chi connectivity index (χ0v) is 21.0. The molecule has 2 aromatic heterocycles. The number of hydrogen-bond donors (Lipinski definition) is 3. The summed E-state index contributed by atoms with van der Waals surface area (Å²) in [6.07, 6.45) is 3.50. The van der Waals surface area contributed by atoms with E-state index < -0.39 is 10.8 Å². The van der Waals surface area contributed by atoms with Gasteiger partial charge < -0.3 is 24.5 Å². The molecule has 4 heterocycles. The Morgan fingerprint density at radius 2 is 2.09 bits per heavy atom. The lowest BCUT2D eigenvalue weighted by Gasteiger charge is -2.36. The van der Waals surface area contributed by atoms with Gasteiger partial charge >= 0.3 is 0 Å². The Labute approximate surface area is 206 Å². The molecule has 3 aromatic rings. The minimum atomic E-state index is -2.57. The SMILES string of the molecule is CCOCc1nc2c(N)nc3cc(OC4CCOC4)ccc3c2n1CCCCN1CCCS1(O)O. The third kappa shape index (κ3) is 5.20. The topological polar surface area (TPSA) is 128 Å². The van der Waals surface area contributed by atoms with Crippen LogP contribution in [0.1, 0.15) is 38.4 Å². The largest absolute Gasteiger partial charge is 0.488 e. The number of anilines is 1.